The van der Waals surface area contributed by atoms with Crippen LogP contribution in [-0.2, 0) is 0 Å². The second kappa shape index (κ2) is 14.8. The Morgan fingerprint density at radius 3 is 1.75 bits per heavy atom. The van der Waals surface area contributed by atoms with Crippen molar-refractivity contribution in [3.05, 3.63) is 144 Å². The Balaban J connectivity index is 0.000000187. The molecule has 0 unspecified atom stereocenters. The number of carbonyl (C=O) groups excluding carboxylic acids is 1. The third-order valence-electron chi connectivity index (χ3n) is 5.86. The molecule has 0 amide bonds. The van der Waals surface area contributed by atoms with Crippen LogP contribution < -0.4 is 4.74 Å². The molecule has 0 atom stereocenters. The summed E-state index contributed by atoms with van der Waals surface area (Å²) in [7, 11) is 0. The Bertz CT molecular complexity index is 1500. The highest BCUT2D eigenvalue weighted by Gasteiger charge is 2.16. The smallest absolute Gasteiger partial charge is 0.347 e. The number of carbonyl (C=O) groups is 1. The van der Waals surface area contributed by atoms with Gasteiger partial charge in [0, 0.05) is 5.56 Å². The van der Waals surface area contributed by atoms with Gasteiger partial charge in [-0.1, -0.05) is 105 Å². The van der Waals surface area contributed by atoms with Crippen molar-refractivity contribution in [2.45, 2.75) is 26.7 Å². The predicted octanol–water partition coefficient (Wildman–Crippen LogP) is 8.49. The molecule has 0 saturated heterocycles. The monoisotopic (exact) mass is 534 g/mol. The molecule has 5 rings (SSSR count). The van der Waals surface area contributed by atoms with E-state index in [-0.39, 0.29) is 17.2 Å². The van der Waals surface area contributed by atoms with Crippen LogP contribution in [0.15, 0.2) is 127 Å². The van der Waals surface area contributed by atoms with Gasteiger partial charge in [0.1, 0.15) is 28.6 Å². The fourth-order valence-electron chi connectivity index (χ4n) is 3.77. The molecule has 0 fully saturated rings. The van der Waals surface area contributed by atoms with Gasteiger partial charge < -0.3 is 20.1 Å². The van der Waals surface area contributed by atoms with Crippen molar-refractivity contribution in [3.63, 3.8) is 0 Å². The lowest BCUT2D eigenvalue weighted by atomic mass is 10.0. The minimum absolute atomic E-state index is 0.0729. The molecule has 0 spiro atoms. The topological polar surface area (TPSA) is 87.0 Å². The van der Waals surface area contributed by atoms with E-state index in [0.29, 0.717) is 17.2 Å². The highest BCUT2D eigenvalue weighted by molar-refractivity contribution is 5.94. The summed E-state index contributed by atoms with van der Waals surface area (Å²) < 4.78 is 5.46. The maximum absolute atomic E-state index is 12.1. The lowest BCUT2D eigenvalue weighted by molar-refractivity contribution is 0.0729. The van der Waals surface area contributed by atoms with Crippen molar-refractivity contribution in [1.82, 2.24) is 0 Å². The Morgan fingerprint density at radius 1 is 0.650 bits per heavy atom. The Labute approximate surface area is 235 Å². The van der Waals surface area contributed by atoms with Gasteiger partial charge in [-0.15, -0.1) is 0 Å². The fraction of sp³-hybridized carbons (Fsp3) is 0.114. The number of ether oxygens (including phenoxy) is 1. The van der Waals surface area contributed by atoms with Crippen molar-refractivity contribution >= 4 is 5.97 Å². The number of hydrogen-bond acceptors (Lipinski definition) is 5. The Hall–Kier alpha value is -5.03. The summed E-state index contributed by atoms with van der Waals surface area (Å²) in [6.45, 7) is 6.03. The molecule has 204 valence electrons. The van der Waals surface area contributed by atoms with E-state index >= 15 is 0 Å². The van der Waals surface area contributed by atoms with Crippen LogP contribution in [0.2, 0.25) is 0 Å². The Morgan fingerprint density at radius 2 is 1.20 bits per heavy atom. The minimum atomic E-state index is -0.546. The van der Waals surface area contributed by atoms with Gasteiger partial charge in [-0.05, 0) is 65.9 Å². The molecule has 3 N–H and O–H groups in total. The van der Waals surface area contributed by atoms with E-state index in [0.717, 1.165) is 22.3 Å². The molecule has 40 heavy (non-hydrogen) atoms. The number of aromatic hydroxyl groups is 3. The Kier molecular flexibility index (Phi) is 10.9. The number of hydrogen-bond donors (Lipinski definition) is 3. The van der Waals surface area contributed by atoms with E-state index in [1.807, 2.05) is 93.6 Å². The molecule has 5 heteroatoms. The van der Waals surface area contributed by atoms with E-state index in [4.69, 9.17) is 9.84 Å². The lowest BCUT2D eigenvalue weighted by Crippen LogP contribution is -2.10. The average Bonchev–Trinajstić information content (AvgIpc) is 2.95. The number of aryl methyl sites for hydroxylation is 1. The molecule has 5 aromatic carbocycles. The number of rotatable bonds is 4. The molecule has 0 aliphatic carbocycles. The number of esters is 1. The predicted molar refractivity (Wildman–Crippen MR) is 160 cm³/mol. The number of phenolic OH excluding ortho intramolecular Hbond substituents is 3. The summed E-state index contributed by atoms with van der Waals surface area (Å²) in [4.78, 5) is 12.1. The SMILES string of the molecule is Cc1ccc(C(C)C)c(OC(=O)c2ccccc2O)c1.Oc1ccccc1.Oc1ccccc1-c1ccccc1. The molecule has 0 aromatic heterocycles. The maximum Gasteiger partial charge on any atom is 0.347 e. The molecular formula is C35H34O5. The first-order valence-corrected chi connectivity index (χ1v) is 12.9. The van der Waals surface area contributed by atoms with E-state index in [2.05, 4.69) is 0 Å². The van der Waals surface area contributed by atoms with Gasteiger partial charge in [0.05, 0.1) is 0 Å². The molecular weight excluding hydrogens is 500 g/mol. The van der Waals surface area contributed by atoms with Crippen LogP contribution in [0, 0.1) is 6.92 Å². The van der Waals surface area contributed by atoms with Gasteiger partial charge in [-0.3, -0.25) is 0 Å². The van der Waals surface area contributed by atoms with Crippen LogP contribution in [0.5, 0.6) is 23.0 Å². The van der Waals surface area contributed by atoms with Gasteiger partial charge in [0.2, 0.25) is 0 Å². The highest BCUT2D eigenvalue weighted by atomic mass is 16.5. The number of phenols is 3. The largest absolute Gasteiger partial charge is 0.508 e. The van der Waals surface area contributed by atoms with Crippen LogP contribution in [0.3, 0.4) is 0 Å². The fourth-order valence-corrected chi connectivity index (χ4v) is 3.77. The van der Waals surface area contributed by atoms with E-state index in [1.54, 1.807) is 48.5 Å². The van der Waals surface area contributed by atoms with Crippen molar-refractivity contribution in [1.29, 1.82) is 0 Å². The normalized spacial score (nSPS) is 10.0. The summed E-state index contributed by atoms with van der Waals surface area (Å²) in [5.41, 5.74) is 4.08. The summed E-state index contributed by atoms with van der Waals surface area (Å²) in [5.74, 6) is 0.832. The zero-order valence-corrected chi connectivity index (χ0v) is 22.9. The summed E-state index contributed by atoms with van der Waals surface area (Å²) >= 11 is 0. The van der Waals surface area contributed by atoms with Crippen LogP contribution in [-0.4, -0.2) is 21.3 Å². The van der Waals surface area contributed by atoms with Crippen LogP contribution in [0.25, 0.3) is 11.1 Å². The van der Waals surface area contributed by atoms with Crippen molar-refractivity contribution < 1.29 is 24.9 Å². The summed E-state index contributed by atoms with van der Waals surface area (Å²) in [6.07, 6.45) is 0. The number of para-hydroxylation sites is 3. The lowest BCUT2D eigenvalue weighted by Gasteiger charge is -2.14. The zero-order valence-electron chi connectivity index (χ0n) is 22.9. The van der Waals surface area contributed by atoms with Crippen LogP contribution in [0.4, 0.5) is 0 Å². The second-order valence-corrected chi connectivity index (χ2v) is 9.32. The molecule has 5 nitrogen and oxygen atoms in total. The average molecular weight is 535 g/mol. The van der Waals surface area contributed by atoms with Crippen LogP contribution >= 0.6 is 0 Å². The maximum atomic E-state index is 12.1. The van der Waals surface area contributed by atoms with Crippen molar-refractivity contribution in [2.24, 2.45) is 0 Å². The third-order valence-corrected chi connectivity index (χ3v) is 5.86. The molecule has 0 aliphatic heterocycles. The first-order chi connectivity index (χ1) is 19.3. The van der Waals surface area contributed by atoms with E-state index in [9.17, 15) is 15.0 Å². The summed E-state index contributed by atoms with van der Waals surface area (Å²) in [6, 6.07) is 38.1. The zero-order chi connectivity index (χ0) is 28.9. The first-order valence-electron chi connectivity index (χ1n) is 12.9. The highest BCUT2D eigenvalue weighted by Crippen LogP contribution is 2.29. The van der Waals surface area contributed by atoms with Gasteiger partial charge in [-0.2, -0.15) is 0 Å². The van der Waals surface area contributed by atoms with Crippen LogP contribution in [0.1, 0.15) is 41.3 Å². The molecule has 0 bridgehead atoms. The minimum Gasteiger partial charge on any atom is -0.508 e. The summed E-state index contributed by atoms with van der Waals surface area (Å²) in [5, 5.41) is 27.9. The van der Waals surface area contributed by atoms with E-state index in [1.165, 1.54) is 6.07 Å². The van der Waals surface area contributed by atoms with Gasteiger partial charge in [0.15, 0.2) is 0 Å². The van der Waals surface area contributed by atoms with Gasteiger partial charge in [0.25, 0.3) is 0 Å². The molecule has 5 aromatic rings. The van der Waals surface area contributed by atoms with Gasteiger partial charge >= 0.3 is 5.97 Å². The van der Waals surface area contributed by atoms with Crippen molar-refractivity contribution in [3.8, 4) is 34.1 Å². The molecule has 0 saturated carbocycles. The standard InChI is InChI=1S/C17H18O3.C12H10O.C6H6O/c1-11(2)13-9-8-12(3)10-16(13)20-17(19)14-6-4-5-7-15(14)18;13-12-9-5-4-8-11(12)10-6-2-1-3-7-10;7-6-4-2-1-3-5-6/h4-11,18H,1-3H3;1-9,13H;1-5,7H. The third kappa shape index (κ3) is 8.77. The second-order valence-electron chi connectivity index (χ2n) is 9.32. The van der Waals surface area contributed by atoms with Crippen molar-refractivity contribution in [2.75, 3.05) is 0 Å². The first kappa shape index (κ1) is 29.5. The molecule has 0 radical (unpaired) electrons. The van der Waals surface area contributed by atoms with E-state index < -0.39 is 5.97 Å². The number of benzene rings is 5. The van der Waals surface area contributed by atoms with Gasteiger partial charge in [-0.25, -0.2) is 4.79 Å². The molecule has 0 heterocycles. The molecule has 0 aliphatic rings. The quantitative estimate of drug-likeness (QED) is 0.159.